The third kappa shape index (κ3) is 9.02. The molecular formula is C9H19F3N2S. The average molecular weight is 244 g/mol. The van der Waals surface area contributed by atoms with Crippen LogP contribution in [0.1, 0.15) is 33.1 Å². The van der Waals surface area contributed by atoms with Crippen molar-refractivity contribution < 1.29 is 13.2 Å². The van der Waals surface area contributed by atoms with Crippen molar-refractivity contribution in [1.29, 1.82) is 0 Å². The molecule has 0 aliphatic heterocycles. The zero-order valence-electron chi connectivity index (χ0n) is 9.10. The number of hydrogen-bond acceptors (Lipinski definition) is 3. The Labute approximate surface area is 93.1 Å². The lowest BCUT2D eigenvalue weighted by molar-refractivity contribution is -0.136. The van der Waals surface area contributed by atoms with Crippen molar-refractivity contribution in [2.24, 2.45) is 5.84 Å². The molecule has 0 rings (SSSR count). The van der Waals surface area contributed by atoms with Gasteiger partial charge in [0.25, 0.3) is 0 Å². The second-order valence-electron chi connectivity index (χ2n) is 3.57. The summed E-state index contributed by atoms with van der Waals surface area (Å²) in [5, 5.41) is 0.465. The molecule has 0 aromatic carbocycles. The Kier molecular flexibility index (Phi) is 7.38. The smallest absolute Gasteiger partial charge is 0.271 e. The van der Waals surface area contributed by atoms with E-state index in [-0.39, 0.29) is 12.5 Å². The lowest BCUT2D eigenvalue weighted by Gasteiger charge is -2.18. The van der Waals surface area contributed by atoms with Crippen LogP contribution in [0, 0.1) is 0 Å². The van der Waals surface area contributed by atoms with Gasteiger partial charge in [-0.25, -0.2) is 0 Å². The molecule has 2 unspecified atom stereocenters. The van der Waals surface area contributed by atoms with E-state index in [1.165, 1.54) is 0 Å². The van der Waals surface area contributed by atoms with Crippen molar-refractivity contribution in [1.82, 2.24) is 5.43 Å². The summed E-state index contributed by atoms with van der Waals surface area (Å²) in [7, 11) is 0. The summed E-state index contributed by atoms with van der Waals surface area (Å²) in [4.78, 5) is 0. The lowest BCUT2D eigenvalue weighted by Crippen LogP contribution is -2.38. The Balaban J connectivity index is 3.73. The molecule has 0 aliphatic carbocycles. The Morgan fingerprint density at radius 2 is 2.00 bits per heavy atom. The molecule has 92 valence electrons. The van der Waals surface area contributed by atoms with E-state index >= 15 is 0 Å². The predicted molar refractivity (Wildman–Crippen MR) is 58.6 cm³/mol. The molecule has 0 saturated carbocycles. The number of halogens is 3. The van der Waals surface area contributed by atoms with E-state index in [1.807, 2.05) is 0 Å². The molecule has 3 N–H and O–H groups in total. The summed E-state index contributed by atoms with van der Waals surface area (Å²) in [6, 6.07) is -0.259. The molecule has 2 nitrogen and oxygen atoms in total. The maximum atomic E-state index is 11.9. The molecule has 2 atom stereocenters. The molecule has 0 bridgehead atoms. The first-order chi connectivity index (χ1) is 6.89. The van der Waals surface area contributed by atoms with E-state index < -0.39 is 12.6 Å². The predicted octanol–water partition coefficient (Wildman–Crippen LogP) is 2.69. The fourth-order valence-corrected chi connectivity index (χ4v) is 2.01. The van der Waals surface area contributed by atoms with Crippen molar-refractivity contribution in [2.45, 2.75) is 50.6 Å². The molecule has 0 saturated heterocycles. The highest BCUT2D eigenvalue weighted by molar-refractivity contribution is 7.99. The van der Waals surface area contributed by atoms with Gasteiger partial charge in [0.1, 0.15) is 0 Å². The van der Waals surface area contributed by atoms with Crippen molar-refractivity contribution in [2.75, 3.05) is 5.75 Å². The third-order valence-corrected chi connectivity index (χ3v) is 3.67. The number of hydrazine groups is 1. The molecule has 6 heteroatoms. The van der Waals surface area contributed by atoms with Crippen LogP contribution in [-0.4, -0.2) is 23.2 Å². The van der Waals surface area contributed by atoms with Crippen molar-refractivity contribution >= 4 is 11.8 Å². The zero-order valence-corrected chi connectivity index (χ0v) is 9.92. The van der Waals surface area contributed by atoms with Crippen LogP contribution in [0.25, 0.3) is 0 Å². The minimum Gasteiger partial charge on any atom is -0.271 e. The number of alkyl halides is 3. The van der Waals surface area contributed by atoms with Gasteiger partial charge in [0.2, 0.25) is 0 Å². The zero-order chi connectivity index (χ0) is 11.9. The normalized spacial score (nSPS) is 16.4. The summed E-state index contributed by atoms with van der Waals surface area (Å²) < 4.78 is 35.8. The van der Waals surface area contributed by atoms with Crippen molar-refractivity contribution in [3.05, 3.63) is 0 Å². The van der Waals surface area contributed by atoms with Gasteiger partial charge in [0.15, 0.2) is 0 Å². The first-order valence-electron chi connectivity index (χ1n) is 5.03. The van der Waals surface area contributed by atoms with Crippen molar-refractivity contribution in [3.63, 3.8) is 0 Å². The highest BCUT2D eigenvalue weighted by Crippen LogP contribution is 2.24. The SMILES string of the molecule is CCC(C)SCC(CCC(F)(F)F)NN. The molecule has 0 aromatic rings. The monoisotopic (exact) mass is 244 g/mol. The summed E-state index contributed by atoms with van der Waals surface area (Å²) in [6.45, 7) is 4.11. The molecule has 0 aliphatic rings. The second-order valence-corrected chi connectivity index (χ2v) is 5.04. The van der Waals surface area contributed by atoms with E-state index in [1.54, 1.807) is 11.8 Å². The molecule has 0 fully saturated rings. The van der Waals surface area contributed by atoms with Gasteiger partial charge in [0, 0.05) is 23.5 Å². The number of hydrogen-bond donors (Lipinski definition) is 2. The molecule has 0 amide bonds. The van der Waals surface area contributed by atoms with Crippen LogP contribution in [0.3, 0.4) is 0 Å². The van der Waals surface area contributed by atoms with Gasteiger partial charge in [-0.15, -0.1) is 0 Å². The summed E-state index contributed by atoms with van der Waals surface area (Å²) in [5.74, 6) is 5.83. The standard InChI is InChI=1S/C9H19F3N2S/c1-3-7(2)15-6-8(14-13)4-5-9(10,11)12/h7-8,14H,3-6,13H2,1-2H3. The minimum atomic E-state index is -4.09. The van der Waals surface area contributed by atoms with Gasteiger partial charge in [-0.2, -0.15) is 24.9 Å². The molecular weight excluding hydrogens is 225 g/mol. The van der Waals surface area contributed by atoms with Crippen LogP contribution < -0.4 is 11.3 Å². The van der Waals surface area contributed by atoms with E-state index in [2.05, 4.69) is 19.3 Å². The number of nitrogens with one attached hydrogen (secondary N) is 1. The Hall–Kier alpha value is 0.0600. The third-order valence-electron chi connectivity index (χ3n) is 2.17. The number of thioether (sulfide) groups is 1. The number of rotatable bonds is 7. The van der Waals surface area contributed by atoms with Gasteiger partial charge < -0.3 is 0 Å². The van der Waals surface area contributed by atoms with E-state index in [4.69, 9.17) is 5.84 Å². The van der Waals surface area contributed by atoms with Crippen LogP contribution in [0.4, 0.5) is 13.2 Å². The summed E-state index contributed by atoms with van der Waals surface area (Å²) in [6.07, 6.45) is -3.80. The van der Waals surface area contributed by atoms with Crippen LogP contribution in [0.2, 0.25) is 0 Å². The highest BCUT2D eigenvalue weighted by Gasteiger charge is 2.28. The van der Waals surface area contributed by atoms with Gasteiger partial charge in [-0.3, -0.25) is 11.3 Å². The first-order valence-corrected chi connectivity index (χ1v) is 6.08. The van der Waals surface area contributed by atoms with Crippen LogP contribution in [0.5, 0.6) is 0 Å². The first kappa shape index (κ1) is 15.1. The highest BCUT2D eigenvalue weighted by atomic mass is 32.2. The van der Waals surface area contributed by atoms with Crippen molar-refractivity contribution in [3.8, 4) is 0 Å². The van der Waals surface area contributed by atoms with E-state index in [9.17, 15) is 13.2 Å². The van der Waals surface area contributed by atoms with Crippen LogP contribution in [0.15, 0.2) is 0 Å². The molecule has 15 heavy (non-hydrogen) atoms. The maximum Gasteiger partial charge on any atom is 0.389 e. The second kappa shape index (κ2) is 7.35. The van der Waals surface area contributed by atoms with Gasteiger partial charge in [-0.1, -0.05) is 13.8 Å². The Bertz CT molecular complexity index is 164. The largest absolute Gasteiger partial charge is 0.389 e. The fraction of sp³-hybridized carbons (Fsp3) is 1.00. The molecule has 0 aromatic heterocycles. The quantitative estimate of drug-likeness (QED) is 0.534. The van der Waals surface area contributed by atoms with Gasteiger partial charge >= 0.3 is 6.18 Å². The maximum absolute atomic E-state index is 11.9. The fourth-order valence-electron chi connectivity index (χ4n) is 0.951. The lowest BCUT2D eigenvalue weighted by atomic mass is 10.2. The minimum absolute atomic E-state index is 0.0451. The molecule has 0 heterocycles. The average Bonchev–Trinajstić information content (AvgIpc) is 2.16. The Morgan fingerprint density at radius 1 is 1.40 bits per heavy atom. The van der Waals surface area contributed by atoms with Gasteiger partial charge in [-0.05, 0) is 12.8 Å². The topological polar surface area (TPSA) is 38.0 Å². The van der Waals surface area contributed by atoms with E-state index in [0.29, 0.717) is 11.0 Å². The summed E-state index contributed by atoms with van der Waals surface area (Å²) >= 11 is 1.65. The van der Waals surface area contributed by atoms with Crippen LogP contribution >= 0.6 is 11.8 Å². The van der Waals surface area contributed by atoms with Gasteiger partial charge in [0.05, 0.1) is 0 Å². The van der Waals surface area contributed by atoms with E-state index in [0.717, 1.165) is 6.42 Å². The van der Waals surface area contributed by atoms with Crippen LogP contribution in [-0.2, 0) is 0 Å². The Morgan fingerprint density at radius 3 is 2.40 bits per heavy atom. The molecule has 0 radical (unpaired) electrons. The number of nitrogens with two attached hydrogens (primary N) is 1. The summed E-state index contributed by atoms with van der Waals surface area (Å²) in [5.41, 5.74) is 2.43. The molecule has 0 spiro atoms.